The van der Waals surface area contributed by atoms with Crippen LogP contribution in [0, 0.1) is 23.6 Å². The van der Waals surface area contributed by atoms with Gasteiger partial charge in [-0.25, -0.2) is 4.39 Å². The lowest BCUT2D eigenvalue weighted by molar-refractivity contribution is 0.171. The monoisotopic (exact) mass is 362 g/mol. The summed E-state index contributed by atoms with van der Waals surface area (Å²) in [7, 11) is 0. The minimum Gasteiger partial charge on any atom is -0.205 e. The summed E-state index contributed by atoms with van der Waals surface area (Å²) in [6.45, 7) is 2.25. The molecule has 0 heterocycles. The Hall–Kier alpha value is -0.820. The predicted molar refractivity (Wildman–Crippen MR) is 106 cm³/mol. The number of allylic oxidation sites excluding steroid dienone is 2. The van der Waals surface area contributed by atoms with Crippen LogP contribution in [0.15, 0.2) is 30.4 Å². The van der Waals surface area contributed by atoms with E-state index in [1.165, 1.54) is 64.2 Å². The normalized spacial score (nSPS) is 30.7. The van der Waals surface area contributed by atoms with Crippen LogP contribution in [0.3, 0.4) is 0 Å². The summed E-state index contributed by atoms with van der Waals surface area (Å²) in [5, 5.41) is 0.238. The molecule has 1 aromatic rings. The number of unbranched alkanes of at least 4 members (excludes halogenated alkanes) is 1. The molecule has 0 nitrogen and oxygen atoms in total. The van der Waals surface area contributed by atoms with Gasteiger partial charge in [-0.2, -0.15) is 0 Å². The Morgan fingerprint density at radius 2 is 1.64 bits per heavy atom. The number of benzene rings is 1. The third-order valence-corrected chi connectivity index (χ3v) is 6.84. The Bertz CT molecular complexity index is 563. The zero-order chi connectivity index (χ0) is 17.6. The highest BCUT2D eigenvalue weighted by molar-refractivity contribution is 6.30. The van der Waals surface area contributed by atoms with Crippen molar-refractivity contribution in [3.05, 3.63) is 46.8 Å². The predicted octanol–water partition coefficient (Wildman–Crippen LogP) is 7.92. The van der Waals surface area contributed by atoms with E-state index in [1.807, 2.05) is 6.07 Å². The molecule has 0 atom stereocenters. The van der Waals surface area contributed by atoms with Crippen molar-refractivity contribution in [1.82, 2.24) is 0 Å². The second-order valence-electron chi connectivity index (χ2n) is 8.18. The minimum absolute atomic E-state index is 0.238. The van der Waals surface area contributed by atoms with E-state index < -0.39 is 0 Å². The Kier molecular flexibility index (Phi) is 6.99. The average Bonchev–Trinajstić information content (AvgIpc) is 2.65. The number of hydrogen-bond donors (Lipinski definition) is 0. The van der Waals surface area contributed by atoms with Crippen LogP contribution in [0.5, 0.6) is 0 Å². The SMILES string of the molecule is CCC/C=C/C1CCC(C2CCC(c3ccc(Cl)c(F)c3)CC2)CC1. The lowest BCUT2D eigenvalue weighted by atomic mass is 9.68. The van der Waals surface area contributed by atoms with Crippen molar-refractivity contribution in [2.75, 3.05) is 0 Å². The first kappa shape index (κ1) is 19.0. The molecular weight excluding hydrogens is 331 g/mol. The molecule has 2 saturated carbocycles. The van der Waals surface area contributed by atoms with Crippen molar-refractivity contribution < 1.29 is 4.39 Å². The van der Waals surface area contributed by atoms with Gasteiger partial charge in [-0.05, 0) is 99.2 Å². The highest BCUT2D eigenvalue weighted by atomic mass is 35.5. The maximum absolute atomic E-state index is 13.7. The molecule has 0 aliphatic heterocycles. The molecule has 2 heteroatoms. The quantitative estimate of drug-likeness (QED) is 0.466. The zero-order valence-corrected chi connectivity index (χ0v) is 16.3. The van der Waals surface area contributed by atoms with E-state index in [9.17, 15) is 4.39 Å². The first-order chi connectivity index (χ1) is 12.2. The molecule has 0 spiro atoms. The maximum atomic E-state index is 13.7. The molecule has 2 aliphatic carbocycles. The molecule has 3 rings (SSSR count). The van der Waals surface area contributed by atoms with Gasteiger partial charge in [0.2, 0.25) is 0 Å². The third kappa shape index (κ3) is 5.09. The Morgan fingerprint density at radius 3 is 2.24 bits per heavy atom. The fraction of sp³-hybridized carbons (Fsp3) is 0.652. The highest BCUT2D eigenvalue weighted by Gasteiger charge is 2.30. The summed E-state index contributed by atoms with van der Waals surface area (Å²) in [4.78, 5) is 0. The van der Waals surface area contributed by atoms with E-state index in [4.69, 9.17) is 11.6 Å². The molecule has 2 aliphatic rings. The Balaban J connectivity index is 1.46. The Labute approximate surface area is 157 Å². The van der Waals surface area contributed by atoms with Gasteiger partial charge in [0.25, 0.3) is 0 Å². The summed E-state index contributed by atoms with van der Waals surface area (Å²) < 4.78 is 13.7. The highest BCUT2D eigenvalue weighted by Crippen LogP contribution is 2.44. The largest absolute Gasteiger partial charge is 0.205 e. The zero-order valence-electron chi connectivity index (χ0n) is 15.5. The minimum atomic E-state index is -0.268. The molecular formula is C23H32ClF. The molecule has 0 amide bonds. The van der Waals surface area contributed by atoms with Crippen LogP contribution in [-0.2, 0) is 0 Å². The fourth-order valence-electron chi connectivity index (χ4n) is 4.95. The van der Waals surface area contributed by atoms with E-state index in [1.54, 1.807) is 12.1 Å². The second kappa shape index (κ2) is 9.21. The van der Waals surface area contributed by atoms with Crippen LogP contribution in [0.2, 0.25) is 5.02 Å². The molecule has 0 saturated heterocycles. The summed E-state index contributed by atoms with van der Waals surface area (Å²) in [6.07, 6.45) is 18.0. The molecule has 0 aromatic heterocycles. The van der Waals surface area contributed by atoms with Crippen molar-refractivity contribution in [2.24, 2.45) is 17.8 Å². The van der Waals surface area contributed by atoms with Gasteiger partial charge in [0.15, 0.2) is 0 Å². The maximum Gasteiger partial charge on any atom is 0.142 e. The second-order valence-corrected chi connectivity index (χ2v) is 8.58. The molecule has 2 fully saturated rings. The van der Waals surface area contributed by atoms with E-state index in [-0.39, 0.29) is 10.8 Å². The van der Waals surface area contributed by atoms with Gasteiger partial charge in [0, 0.05) is 0 Å². The van der Waals surface area contributed by atoms with Crippen molar-refractivity contribution in [3.8, 4) is 0 Å². The number of rotatable bonds is 5. The van der Waals surface area contributed by atoms with Crippen LogP contribution in [0.25, 0.3) is 0 Å². The third-order valence-electron chi connectivity index (χ3n) is 6.53. The number of halogens is 2. The lowest BCUT2D eigenvalue weighted by Gasteiger charge is -2.37. The van der Waals surface area contributed by atoms with Gasteiger partial charge in [-0.15, -0.1) is 0 Å². The average molecular weight is 363 g/mol. The van der Waals surface area contributed by atoms with Crippen molar-refractivity contribution in [1.29, 1.82) is 0 Å². The smallest absolute Gasteiger partial charge is 0.142 e. The molecule has 1 aromatic carbocycles. The molecule has 0 unspecified atom stereocenters. The summed E-state index contributed by atoms with van der Waals surface area (Å²) in [5.41, 5.74) is 1.14. The number of hydrogen-bond acceptors (Lipinski definition) is 0. The van der Waals surface area contributed by atoms with Crippen LogP contribution in [0.4, 0.5) is 4.39 Å². The summed E-state index contributed by atoms with van der Waals surface area (Å²) >= 11 is 5.82. The molecule has 138 valence electrons. The first-order valence-electron chi connectivity index (χ1n) is 10.3. The van der Waals surface area contributed by atoms with Gasteiger partial charge < -0.3 is 0 Å². The van der Waals surface area contributed by atoms with Crippen molar-refractivity contribution in [2.45, 2.75) is 77.0 Å². The van der Waals surface area contributed by atoms with Gasteiger partial charge in [0.1, 0.15) is 5.82 Å². The Morgan fingerprint density at radius 1 is 1.00 bits per heavy atom. The summed E-state index contributed by atoms with van der Waals surface area (Å²) in [6, 6.07) is 5.39. The van der Waals surface area contributed by atoms with Gasteiger partial charge >= 0.3 is 0 Å². The van der Waals surface area contributed by atoms with E-state index in [2.05, 4.69) is 19.1 Å². The van der Waals surface area contributed by atoms with E-state index >= 15 is 0 Å². The van der Waals surface area contributed by atoms with Crippen LogP contribution < -0.4 is 0 Å². The van der Waals surface area contributed by atoms with Crippen LogP contribution in [0.1, 0.15) is 82.6 Å². The summed E-state index contributed by atoms with van der Waals surface area (Å²) in [5.74, 6) is 2.91. The topological polar surface area (TPSA) is 0 Å². The molecule has 0 radical (unpaired) electrons. The van der Waals surface area contributed by atoms with Gasteiger partial charge in [-0.3, -0.25) is 0 Å². The van der Waals surface area contributed by atoms with Crippen LogP contribution in [-0.4, -0.2) is 0 Å². The lowest BCUT2D eigenvalue weighted by Crippen LogP contribution is -2.25. The van der Waals surface area contributed by atoms with Crippen LogP contribution >= 0.6 is 11.6 Å². The molecule has 0 bridgehead atoms. The first-order valence-corrected chi connectivity index (χ1v) is 10.7. The standard InChI is InChI=1S/C23H32ClF/c1-2-3-4-5-17-6-8-18(9-7-17)19-10-12-20(13-11-19)21-14-15-22(24)23(25)16-21/h4-5,14-20H,2-3,6-13H2,1H3/b5-4+. The van der Waals surface area contributed by atoms with Crippen molar-refractivity contribution in [3.63, 3.8) is 0 Å². The van der Waals surface area contributed by atoms with Crippen molar-refractivity contribution >= 4 is 11.6 Å². The van der Waals surface area contributed by atoms with E-state index in [0.29, 0.717) is 5.92 Å². The molecule has 25 heavy (non-hydrogen) atoms. The van der Waals surface area contributed by atoms with Gasteiger partial charge in [-0.1, -0.05) is 43.2 Å². The molecule has 0 N–H and O–H groups in total. The fourth-order valence-corrected chi connectivity index (χ4v) is 5.07. The van der Waals surface area contributed by atoms with Gasteiger partial charge in [0.05, 0.1) is 5.02 Å². The van der Waals surface area contributed by atoms with E-state index in [0.717, 1.165) is 23.3 Å².